The second-order valence-electron chi connectivity index (χ2n) is 4.49. The largest absolute Gasteiger partial charge is 0.396 e. The van der Waals surface area contributed by atoms with E-state index in [1.807, 2.05) is 0 Å². The maximum Gasteiger partial charge on any atom is 0.253 e. The summed E-state index contributed by atoms with van der Waals surface area (Å²) >= 11 is 0. The molecule has 21 heavy (non-hydrogen) atoms. The van der Waals surface area contributed by atoms with Crippen LogP contribution in [0, 0.1) is 5.82 Å². The zero-order valence-corrected chi connectivity index (χ0v) is 11.4. The molecule has 1 aliphatic heterocycles. The molecular weight excluding hydrogens is 274 g/mol. The summed E-state index contributed by atoms with van der Waals surface area (Å²) in [5.41, 5.74) is 0.746. The van der Waals surface area contributed by atoms with Gasteiger partial charge in [0.15, 0.2) is 0 Å². The van der Waals surface area contributed by atoms with E-state index in [0.717, 1.165) is 5.56 Å². The lowest BCUT2D eigenvalue weighted by atomic mass is 10.2. The molecule has 1 heterocycles. The third kappa shape index (κ3) is 4.52. The Labute approximate surface area is 121 Å². The van der Waals surface area contributed by atoms with Crippen molar-refractivity contribution in [1.82, 2.24) is 4.90 Å². The molecular formula is C15H15FN2O3. The van der Waals surface area contributed by atoms with Gasteiger partial charge in [0.05, 0.1) is 6.21 Å². The Morgan fingerprint density at radius 2 is 1.76 bits per heavy atom. The number of oxime groups is 1. The van der Waals surface area contributed by atoms with Gasteiger partial charge in [-0.3, -0.25) is 14.5 Å². The van der Waals surface area contributed by atoms with Crippen LogP contribution in [0.4, 0.5) is 4.39 Å². The van der Waals surface area contributed by atoms with Gasteiger partial charge in [-0.15, -0.1) is 0 Å². The van der Waals surface area contributed by atoms with E-state index in [4.69, 9.17) is 4.84 Å². The average molecular weight is 289 g/mol. The van der Waals surface area contributed by atoms with E-state index < -0.39 is 0 Å². The minimum absolute atomic E-state index is 0.268. The minimum atomic E-state index is -0.298. The molecule has 0 atom stereocenters. The molecule has 1 aliphatic rings. The predicted molar refractivity (Wildman–Crippen MR) is 75.0 cm³/mol. The molecule has 0 saturated heterocycles. The molecule has 110 valence electrons. The number of rotatable bonds is 7. The molecule has 0 aromatic heterocycles. The zero-order valence-electron chi connectivity index (χ0n) is 11.4. The van der Waals surface area contributed by atoms with Crippen LogP contribution in [0.2, 0.25) is 0 Å². The number of carbonyl (C=O) groups is 2. The van der Waals surface area contributed by atoms with Crippen molar-refractivity contribution in [2.75, 3.05) is 13.2 Å². The van der Waals surface area contributed by atoms with Gasteiger partial charge in [0.25, 0.3) is 11.8 Å². The van der Waals surface area contributed by atoms with Gasteiger partial charge in [0.1, 0.15) is 12.4 Å². The van der Waals surface area contributed by atoms with E-state index in [2.05, 4.69) is 5.16 Å². The second-order valence-corrected chi connectivity index (χ2v) is 4.49. The SMILES string of the molecule is O=C1C=CC(=O)N1CCCCON=Cc1ccc([18F])cc1. The number of nitrogens with zero attached hydrogens (tertiary/aromatic N) is 2. The lowest BCUT2D eigenvalue weighted by Crippen LogP contribution is -2.30. The van der Waals surface area contributed by atoms with Crippen molar-refractivity contribution >= 4 is 18.0 Å². The Balaban J connectivity index is 1.59. The topological polar surface area (TPSA) is 59.0 Å². The van der Waals surface area contributed by atoms with Crippen LogP contribution >= 0.6 is 0 Å². The highest BCUT2D eigenvalue weighted by atomic mass is 18.2. The van der Waals surface area contributed by atoms with Crippen LogP contribution in [0.25, 0.3) is 0 Å². The summed E-state index contributed by atoms with van der Waals surface area (Å²) in [7, 11) is 0. The van der Waals surface area contributed by atoms with E-state index in [1.165, 1.54) is 35.4 Å². The number of unbranched alkanes of at least 4 members (excludes halogenated alkanes) is 1. The van der Waals surface area contributed by atoms with E-state index in [0.29, 0.717) is 26.0 Å². The third-order valence-corrected chi connectivity index (χ3v) is 2.91. The zero-order chi connectivity index (χ0) is 15.1. The number of halogens is 1. The van der Waals surface area contributed by atoms with Crippen LogP contribution in [-0.2, 0) is 14.4 Å². The summed E-state index contributed by atoms with van der Waals surface area (Å²) in [6.45, 7) is 0.775. The molecule has 2 rings (SSSR count). The van der Waals surface area contributed by atoms with Crippen LogP contribution in [0.5, 0.6) is 0 Å². The summed E-state index contributed by atoms with van der Waals surface area (Å²) in [6.07, 6.45) is 5.37. The van der Waals surface area contributed by atoms with Crippen molar-refractivity contribution in [3.05, 3.63) is 47.8 Å². The molecule has 1 aromatic rings. The van der Waals surface area contributed by atoms with Gasteiger partial charge in [0, 0.05) is 18.7 Å². The van der Waals surface area contributed by atoms with E-state index in [9.17, 15) is 14.0 Å². The first-order valence-electron chi connectivity index (χ1n) is 6.61. The maximum atomic E-state index is 12.7. The van der Waals surface area contributed by atoms with Crippen molar-refractivity contribution in [2.45, 2.75) is 12.8 Å². The van der Waals surface area contributed by atoms with Crippen LogP contribution < -0.4 is 0 Å². The lowest BCUT2D eigenvalue weighted by molar-refractivity contribution is -0.136. The summed E-state index contributed by atoms with van der Waals surface area (Å²) < 4.78 is 12.7. The fraction of sp³-hybridized carbons (Fsp3) is 0.267. The van der Waals surface area contributed by atoms with Gasteiger partial charge in [-0.1, -0.05) is 17.3 Å². The second kappa shape index (κ2) is 7.33. The number of amides is 2. The Morgan fingerprint density at radius 3 is 2.43 bits per heavy atom. The number of benzene rings is 1. The fourth-order valence-corrected chi connectivity index (χ4v) is 1.79. The molecule has 0 unspecified atom stereocenters. The van der Waals surface area contributed by atoms with E-state index in [1.54, 1.807) is 12.1 Å². The molecule has 0 bridgehead atoms. The molecule has 2 amide bonds. The first-order valence-corrected chi connectivity index (χ1v) is 6.61. The number of carbonyl (C=O) groups excluding carboxylic acids is 2. The van der Waals surface area contributed by atoms with Crippen molar-refractivity contribution in [3.63, 3.8) is 0 Å². The Kier molecular flexibility index (Phi) is 5.20. The molecule has 0 N–H and O–H groups in total. The molecule has 0 saturated carbocycles. The molecule has 0 spiro atoms. The highest BCUT2D eigenvalue weighted by Crippen LogP contribution is 2.05. The highest BCUT2D eigenvalue weighted by molar-refractivity contribution is 6.12. The smallest absolute Gasteiger partial charge is 0.253 e. The van der Waals surface area contributed by atoms with E-state index >= 15 is 0 Å². The Hall–Kier alpha value is -2.50. The van der Waals surface area contributed by atoms with Crippen LogP contribution in [0.3, 0.4) is 0 Å². The molecule has 0 aliphatic carbocycles. The average Bonchev–Trinajstić information content (AvgIpc) is 2.79. The van der Waals surface area contributed by atoms with Gasteiger partial charge in [-0.25, -0.2) is 4.39 Å². The van der Waals surface area contributed by atoms with Crippen LogP contribution in [0.1, 0.15) is 18.4 Å². The molecule has 6 heteroatoms. The molecule has 0 radical (unpaired) electrons. The van der Waals surface area contributed by atoms with Gasteiger partial charge < -0.3 is 4.84 Å². The Bertz CT molecular complexity index is 549. The first kappa shape index (κ1) is 14.9. The van der Waals surface area contributed by atoms with Crippen molar-refractivity contribution in [3.8, 4) is 0 Å². The standard InChI is InChI=1S/C15H15FN2O3/c16-13-5-3-12(4-6-13)11-17-21-10-2-1-9-18-14(19)7-8-15(18)20/h3-8,11H,1-2,9-10H2/i16-1. The van der Waals surface area contributed by atoms with E-state index in [-0.39, 0.29) is 17.6 Å². The van der Waals surface area contributed by atoms with Gasteiger partial charge in [-0.2, -0.15) is 0 Å². The van der Waals surface area contributed by atoms with Gasteiger partial charge in [0.2, 0.25) is 0 Å². The molecule has 1 aromatic carbocycles. The van der Waals surface area contributed by atoms with Crippen LogP contribution in [-0.4, -0.2) is 36.1 Å². The summed E-state index contributed by atoms with van der Waals surface area (Å²) in [5, 5.41) is 3.76. The molecule has 5 nitrogen and oxygen atoms in total. The van der Waals surface area contributed by atoms with Gasteiger partial charge in [-0.05, 0) is 30.5 Å². The predicted octanol–water partition coefficient (Wildman–Crippen LogP) is 1.88. The lowest BCUT2D eigenvalue weighted by Gasteiger charge is -2.12. The van der Waals surface area contributed by atoms with Crippen molar-refractivity contribution in [2.24, 2.45) is 5.16 Å². The van der Waals surface area contributed by atoms with Gasteiger partial charge >= 0.3 is 0 Å². The number of hydrogen-bond acceptors (Lipinski definition) is 4. The summed E-state index contributed by atoms with van der Waals surface area (Å²) in [5.74, 6) is -0.834. The Morgan fingerprint density at radius 1 is 1.10 bits per heavy atom. The van der Waals surface area contributed by atoms with Crippen molar-refractivity contribution < 1.29 is 18.8 Å². The maximum absolute atomic E-state index is 12.7. The fourth-order valence-electron chi connectivity index (χ4n) is 1.79. The number of imide groups is 1. The number of hydrogen-bond donors (Lipinski definition) is 0. The van der Waals surface area contributed by atoms with Crippen molar-refractivity contribution in [1.29, 1.82) is 0 Å². The third-order valence-electron chi connectivity index (χ3n) is 2.91. The molecule has 0 fully saturated rings. The summed E-state index contributed by atoms with van der Waals surface area (Å²) in [4.78, 5) is 28.8. The monoisotopic (exact) mass is 289 g/mol. The first-order chi connectivity index (χ1) is 10.2. The minimum Gasteiger partial charge on any atom is -0.396 e. The highest BCUT2D eigenvalue weighted by Gasteiger charge is 2.22. The summed E-state index contributed by atoms with van der Waals surface area (Å²) in [6, 6.07) is 5.89. The normalized spacial score (nSPS) is 14.4. The quantitative estimate of drug-likeness (QED) is 0.333. The van der Waals surface area contributed by atoms with Crippen LogP contribution in [0.15, 0.2) is 41.6 Å².